The number of anilines is 1. The molecule has 0 unspecified atom stereocenters. The highest BCUT2D eigenvalue weighted by molar-refractivity contribution is 7.89. The molecule has 23 heavy (non-hydrogen) atoms. The molecular weight excluding hydrogens is 357 g/mol. The lowest BCUT2D eigenvalue weighted by Gasteiger charge is -2.31. The first kappa shape index (κ1) is 16.9. The van der Waals surface area contributed by atoms with E-state index in [9.17, 15) is 21.6 Å². The van der Waals surface area contributed by atoms with Gasteiger partial charge in [-0.25, -0.2) is 8.42 Å². The Morgan fingerprint density at radius 1 is 1.13 bits per heavy atom. The molecule has 0 N–H and O–H groups in total. The number of halogens is 3. The molecule has 3 rings (SSSR count). The maximum Gasteiger partial charge on any atom is 0.445 e. The van der Waals surface area contributed by atoms with Crippen molar-refractivity contribution in [1.82, 2.24) is 14.5 Å². The van der Waals surface area contributed by atoms with Gasteiger partial charge in [-0.1, -0.05) is 11.3 Å². The van der Waals surface area contributed by atoms with Gasteiger partial charge >= 0.3 is 6.18 Å². The molecule has 1 aromatic rings. The van der Waals surface area contributed by atoms with E-state index >= 15 is 0 Å². The number of nitrogens with zero attached hydrogens (tertiary/aromatic N) is 4. The maximum absolute atomic E-state index is 12.6. The first-order valence-corrected chi connectivity index (χ1v) is 9.33. The molecule has 1 aromatic heterocycles. The zero-order valence-electron chi connectivity index (χ0n) is 12.0. The second-order valence-electron chi connectivity index (χ2n) is 5.33. The average molecular weight is 372 g/mol. The van der Waals surface area contributed by atoms with Crippen molar-refractivity contribution in [3.8, 4) is 0 Å². The van der Waals surface area contributed by atoms with E-state index in [0.29, 0.717) is 37.4 Å². The second kappa shape index (κ2) is 6.15. The van der Waals surface area contributed by atoms with E-state index in [4.69, 9.17) is 4.74 Å². The number of sulfonamides is 1. The van der Waals surface area contributed by atoms with Crippen LogP contribution < -0.4 is 4.90 Å². The number of rotatable bonds is 3. The van der Waals surface area contributed by atoms with Gasteiger partial charge in [-0.2, -0.15) is 17.5 Å². The van der Waals surface area contributed by atoms with E-state index in [1.54, 1.807) is 4.90 Å². The SMILES string of the molecule is O=S(=O)(C1COC1)N1CCCN(c2nnc(C(F)(F)F)s2)CC1. The highest BCUT2D eigenvalue weighted by atomic mass is 32.2. The monoisotopic (exact) mass is 372 g/mol. The molecular formula is C11H15F3N4O3S2. The van der Waals surface area contributed by atoms with Crippen molar-refractivity contribution in [2.45, 2.75) is 17.8 Å². The Morgan fingerprint density at radius 2 is 1.87 bits per heavy atom. The predicted molar refractivity (Wildman–Crippen MR) is 76.8 cm³/mol. The van der Waals surface area contributed by atoms with Crippen LogP contribution in [0.15, 0.2) is 0 Å². The molecule has 0 bridgehead atoms. The van der Waals surface area contributed by atoms with Crippen LogP contribution in [-0.2, 0) is 20.9 Å². The lowest BCUT2D eigenvalue weighted by Crippen LogP contribution is -2.49. The van der Waals surface area contributed by atoms with Crippen LogP contribution in [0.2, 0.25) is 0 Å². The number of hydrogen-bond donors (Lipinski definition) is 0. The summed E-state index contributed by atoms with van der Waals surface area (Å²) in [4.78, 5) is 1.65. The Balaban J connectivity index is 1.68. The van der Waals surface area contributed by atoms with Crippen LogP contribution in [0.1, 0.15) is 11.4 Å². The minimum Gasteiger partial charge on any atom is -0.378 e. The van der Waals surface area contributed by atoms with Gasteiger partial charge in [0.15, 0.2) is 0 Å². The number of alkyl halides is 3. The molecule has 2 fully saturated rings. The van der Waals surface area contributed by atoms with E-state index in [2.05, 4.69) is 10.2 Å². The van der Waals surface area contributed by atoms with Gasteiger partial charge in [-0.3, -0.25) is 0 Å². The Kier molecular flexibility index (Phi) is 4.51. The highest BCUT2D eigenvalue weighted by Gasteiger charge is 2.39. The summed E-state index contributed by atoms with van der Waals surface area (Å²) < 4.78 is 68.8. The second-order valence-corrected chi connectivity index (χ2v) is 8.50. The van der Waals surface area contributed by atoms with Crippen LogP contribution in [0, 0.1) is 0 Å². The lowest BCUT2D eigenvalue weighted by atomic mass is 10.4. The quantitative estimate of drug-likeness (QED) is 0.781. The van der Waals surface area contributed by atoms with Gasteiger partial charge in [0, 0.05) is 26.2 Å². The van der Waals surface area contributed by atoms with Gasteiger partial charge in [0.1, 0.15) is 5.25 Å². The Hall–Kier alpha value is -0.980. The van der Waals surface area contributed by atoms with Crippen molar-refractivity contribution in [3.05, 3.63) is 5.01 Å². The molecule has 0 radical (unpaired) electrons. The highest BCUT2D eigenvalue weighted by Crippen LogP contribution is 2.34. The summed E-state index contributed by atoms with van der Waals surface area (Å²) >= 11 is 0.477. The van der Waals surface area contributed by atoms with Gasteiger partial charge in [-0.05, 0) is 6.42 Å². The van der Waals surface area contributed by atoms with Crippen LogP contribution in [0.3, 0.4) is 0 Å². The Bertz CT molecular complexity index is 660. The summed E-state index contributed by atoms with van der Waals surface area (Å²) in [6, 6.07) is 0. The van der Waals surface area contributed by atoms with Gasteiger partial charge < -0.3 is 9.64 Å². The third-order valence-corrected chi connectivity index (χ3v) is 7.00. The standard InChI is InChI=1S/C11H15F3N4O3S2/c12-11(13,14)9-15-16-10(22-9)17-2-1-3-18(5-4-17)23(19,20)8-6-21-7-8/h8H,1-7H2. The van der Waals surface area contributed by atoms with Crippen LogP contribution in [0.4, 0.5) is 18.3 Å². The normalized spacial score (nSPS) is 22.0. The molecule has 130 valence electrons. The van der Waals surface area contributed by atoms with Crippen LogP contribution in [-0.4, -0.2) is 67.6 Å². The van der Waals surface area contributed by atoms with E-state index in [-0.39, 0.29) is 24.9 Å². The molecule has 0 aliphatic carbocycles. The maximum atomic E-state index is 12.6. The van der Waals surface area contributed by atoms with Gasteiger partial charge in [0.25, 0.3) is 0 Å². The van der Waals surface area contributed by atoms with Crippen LogP contribution in [0.5, 0.6) is 0 Å². The molecule has 7 nitrogen and oxygen atoms in total. The summed E-state index contributed by atoms with van der Waals surface area (Å²) in [5.41, 5.74) is 0. The van der Waals surface area contributed by atoms with Crippen molar-refractivity contribution in [3.63, 3.8) is 0 Å². The van der Waals surface area contributed by atoms with E-state index < -0.39 is 26.5 Å². The topological polar surface area (TPSA) is 75.6 Å². The van der Waals surface area contributed by atoms with Crippen LogP contribution in [0.25, 0.3) is 0 Å². The van der Waals surface area contributed by atoms with Gasteiger partial charge in [-0.15, -0.1) is 10.2 Å². The fourth-order valence-corrected chi connectivity index (χ4v) is 4.84. The molecule has 3 heterocycles. The van der Waals surface area contributed by atoms with Crippen LogP contribution >= 0.6 is 11.3 Å². The molecule has 0 amide bonds. The molecule has 0 atom stereocenters. The minimum atomic E-state index is -4.51. The number of hydrogen-bond acceptors (Lipinski definition) is 7. The van der Waals surface area contributed by atoms with Gasteiger partial charge in [0.05, 0.1) is 13.2 Å². The van der Waals surface area contributed by atoms with Crippen molar-refractivity contribution in [1.29, 1.82) is 0 Å². The van der Waals surface area contributed by atoms with Gasteiger partial charge in [0.2, 0.25) is 20.2 Å². The minimum absolute atomic E-state index is 0.170. The number of ether oxygens (including phenoxy) is 1. The third-order valence-electron chi connectivity index (χ3n) is 3.77. The molecule has 2 saturated heterocycles. The number of aromatic nitrogens is 2. The van der Waals surface area contributed by atoms with Crippen molar-refractivity contribution in [2.75, 3.05) is 44.3 Å². The summed E-state index contributed by atoms with van der Waals surface area (Å²) in [6.45, 7) is 1.71. The zero-order valence-corrected chi connectivity index (χ0v) is 13.6. The summed E-state index contributed by atoms with van der Waals surface area (Å²) in [6.07, 6.45) is -3.99. The first-order chi connectivity index (χ1) is 10.8. The first-order valence-electron chi connectivity index (χ1n) is 7.01. The largest absolute Gasteiger partial charge is 0.445 e. The Morgan fingerprint density at radius 3 is 2.43 bits per heavy atom. The molecule has 2 aliphatic heterocycles. The third kappa shape index (κ3) is 3.44. The molecule has 0 spiro atoms. The van der Waals surface area contributed by atoms with Crippen molar-refractivity contribution >= 4 is 26.5 Å². The van der Waals surface area contributed by atoms with E-state index in [1.807, 2.05) is 0 Å². The van der Waals surface area contributed by atoms with Crippen molar-refractivity contribution in [2.24, 2.45) is 0 Å². The lowest BCUT2D eigenvalue weighted by molar-refractivity contribution is -0.138. The fraction of sp³-hybridized carbons (Fsp3) is 0.818. The fourth-order valence-electron chi connectivity index (χ4n) is 2.39. The predicted octanol–water partition coefficient (Wildman–Crippen LogP) is 0.798. The van der Waals surface area contributed by atoms with E-state index in [1.165, 1.54) is 4.31 Å². The summed E-state index contributed by atoms with van der Waals surface area (Å²) in [7, 11) is -3.40. The smallest absolute Gasteiger partial charge is 0.378 e. The molecule has 12 heteroatoms. The Labute approximate surface area is 135 Å². The zero-order chi connectivity index (χ0) is 16.7. The molecule has 0 aromatic carbocycles. The summed E-state index contributed by atoms with van der Waals surface area (Å²) in [5.74, 6) is 0. The van der Waals surface area contributed by atoms with E-state index in [0.717, 1.165) is 0 Å². The average Bonchev–Trinajstić information content (AvgIpc) is 2.74. The molecule has 0 saturated carbocycles. The summed E-state index contributed by atoms with van der Waals surface area (Å²) in [5, 5.41) is 5.42. The van der Waals surface area contributed by atoms with Crippen molar-refractivity contribution < 1.29 is 26.3 Å². The molecule has 2 aliphatic rings.